The van der Waals surface area contributed by atoms with Gasteiger partial charge in [0, 0.05) is 39.3 Å². The molecule has 1 aliphatic heterocycles. The molecule has 1 aliphatic rings. The molecule has 0 bridgehead atoms. The molecule has 0 radical (unpaired) electrons. The van der Waals surface area contributed by atoms with Crippen LogP contribution < -0.4 is 5.32 Å². The minimum absolute atomic E-state index is 0.0455. The second-order valence-electron chi connectivity index (χ2n) is 7.82. The Hall–Kier alpha value is -1.34. The fraction of sp³-hybridized carbons (Fsp3) is 0.895. The number of ether oxygens (including phenoxy) is 2. The highest BCUT2D eigenvalue weighted by Crippen LogP contribution is 2.11. The second kappa shape index (κ2) is 11.4. The van der Waals surface area contributed by atoms with E-state index in [1.54, 1.807) is 11.8 Å². The van der Waals surface area contributed by atoms with Crippen molar-refractivity contribution in [3.05, 3.63) is 0 Å². The average Bonchev–Trinajstić information content (AvgIpc) is 2.57. The topological polar surface area (TPSA) is 71.1 Å². The molecule has 1 atom stereocenters. The molecule has 1 saturated heterocycles. The fourth-order valence-electron chi connectivity index (χ4n) is 2.62. The van der Waals surface area contributed by atoms with Crippen LogP contribution >= 0.6 is 0 Å². The molecule has 1 rings (SSSR count). The van der Waals surface area contributed by atoms with Gasteiger partial charge in [0.15, 0.2) is 0 Å². The lowest BCUT2D eigenvalue weighted by Crippen LogP contribution is -2.50. The quantitative estimate of drug-likeness (QED) is 0.630. The third-order valence-electron chi connectivity index (χ3n) is 4.21. The van der Waals surface area contributed by atoms with Gasteiger partial charge in [-0.15, -0.1) is 0 Å². The third-order valence-corrected chi connectivity index (χ3v) is 4.21. The standard InChI is InChI=1S/C19H37N3O4/c1-6-7-15-25-16(2)17(23)20-9-8-10-21-11-13-22(14-12-21)18(24)26-19(3,4)5/h16H,6-15H2,1-5H3,(H,20,23). The Balaban J connectivity index is 2.13. The van der Waals surface area contributed by atoms with Crippen LogP contribution in [-0.2, 0) is 14.3 Å². The molecule has 2 amide bonds. The monoisotopic (exact) mass is 371 g/mol. The van der Waals surface area contributed by atoms with Gasteiger partial charge in [-0.05, 0) is 47.1 Å². The number of carbonyl (C=O) groups is 2. The molecule has 0 aromatic heterocycles. The predicted molar refractivity (Wildman–Crippen MR) is 102 cm³/mol. The smallest absolute Gasteiger partial charge is 0.410 e. The minimum atomic E-state index is -0.455. The maximum Gasteiger partial charge on any atom is 0.410 e. The molecule has 7 heteroatoms. The van der Waals surface area contributed by atoms with Gasteiger partial charge < -0.3 is 19.7 Å². The van der Waals surface area contributed by atoms with Gasteiger partial charge >= 0.3 is 6.09 Å². The van der Waals surface area contributed by atoms with E-state index in [9.17, 15) is 9.59 Å². The normalized spacial score (nSPS) is 17.0. The van der Waals surface area contributed by atoms with Crippen molar-refractivity contribution in [2.45, 2.75) is 65.6 Å². The molecule has 0 aromatic rings. The van der Waals surface area contributed by atoms with Crippen molar-refractivity contribution in [2.75, 3.05) is 45.9 Å². The molecule has 1 unspecified atom stereocenters. The number of nitrogens with zero attached hydrogens (tertiary/aromatic N) is 2. The number of piperazine rings is 1. The van der Waals surface area contributed by atoms with E-state index in [-0.39, 0.29) is 18.1 Å². The average molecular weight is 372 g/mol. The molecular weight excluding hydrogens is 334 g/mol. The number of hydrogen-bond donors (Lipinski definition) is 1. The molecule has 0 aliphatic carbocycles. The van der Waals surface area contributed by atoms with Crippen LogP contribution in [0.15, 0.2) is 0 Å². The minimum Gasteiger partial charge on any atom is -0.444 e. The first-order chi connectivity index (χ1) is 12.2. The predicted octanol–water partition coefficient (Wildman–Crippen LogP) is 2.25. The lowest BCUT2D eigenvalue weighted by molar-refractivity contribution is -0.131. The summed E-state index contributed by atoms with van der Waals surface area (Å²) in [6, 6.07) is 0. The first-order valence-corrected chi connectivity index (χ1v) is 9.82. The molecule has 0 spiro atoms. The van der Waals surface area contributed by atoms with Crippen LogP contribution in [0.5, 0.6) is 0 Å². The molecule has 1 fully saturated rings. The van der Waals surface area contributed by atoms with Gasteiger partial charge in [0.1, 0.15) is 11.7 Å². The summed E-state index contributed by atoms with van der Waals surface area (Å²) in [5.41, 5.74) is -0.455. The summed E-state index contributed by atoms with van der Waals surface area (Å²) in [6.07, 6.45) is 2.31. The fourth-order valence-corrected chi connectivity index (χ4v) is 2.62. The maximum absolute atomic E-state index is 12.0. The summed E-state index contributed by atoms with van der Waals surface area (Å²) in [7, 11) is 0. The summed E-state index contributed by atoms with van der Waals surface area (Å²) < 4.78 is 10.9. The lowest BCUT2D eigenvalue weighted by Gasteiger charge is -2.35. The van der Waals surface area contributed by atoms with Gasteiger partial charge in [-0.25, -0.2) is 4.79 Å². The van der Waals surface area contributed by atoms with E-state index >= 15 is 0 Å². The molecule has 0 saturated carbocycles. The SMILES string of the molecule is CCCCOC(C)C(=O)NCCCN1CCN(C(=O)OC(C)(C)C)CC1. The van der Waals surface area contributed by atoms with Crippen molar-refractivity contribution in [3.8, 4) is 0 Å². The van der Waals surface area contributed by atoms with Crippen LogP contribution in [0.1, 0.15) is 53.9 Å². The zero-order valence-corrected chi connectivity index (χ0v) is 17.2. The summed E-state index contributed by atoms with van der Waals surface area (Å²) in [4.78, 5) is 28.0. The summed E-state index contributed by atoms with van der Waals surface area (Å²) in [5, 5.41) is 2.93. The zero-order chi connectivity index (χ0) is 19.6. The molecule has 7 nitrogen and oxygen atoms in total. The molecule has 152 valence electrons. The number of hydrogen-bond acceptors (Lipinski definition) is 5. The summed E-state index contributed by atoms with van der Waals surface area (Å²) in [6.45, 7) is 14.8. The molecule has 26 heavy (non-hydrogen) atoms. The van der Waals surface area contributed by atoms with Crippen molar-refractivity contribution in [2.24, 2.45) is 0 Å². The van der Waals surface area contributed by atoms with Crippen molar-refractivity contribution in [1.29, 1.82) is 0 Å². The van der Waals surface area contributed by atoms with Crippen molar-refractivity contribution < 1.29 is 19.1 Å². The van der Waals surface area contributed by atoms with Crippen LogP contribution in [0, 0.1) is 0 Å². The lowest BCUT2D eigenvalue weighted by atomic mass is 10.2. The Morgan fingerprint density at radius 3 is 2.35 bits per heavy atom. The van der Waals surface area contributed by atoms with Gasteiger partial charge in [-0.2, -0.15) is 0 Å². The first kappa shape index (κ1) is 22.7. The van der Waals surface area contributed by atoms with Gasteiger partial charge in [-0.3, -0.25) is 9.69 Å². The first-order valence-electron chi connectivity index (χ1n) is 9.82. The van der Waals surface area contributed by atoms with E-state index in [2.05, 4.69) is 17.1 Å². The largest absolute Gasteiger partial charge is 0.444 e. The Morgan fingerprint density at radius 1 is 1.12 bits per heavy atom. The zero-order valence-electron chi connectivity index (χ0n) is 17.2. The van der Waals surface area contributed by atoms with Crippen LogP contribution in [0.3, 0.4) is 0 Å². The Labute approximate surface area is 158 Å². The van der Waals surface area contributed by atoms with Crippen molar-refractivity contribution in [1.82, 2.24) is 15.1 Å². The second-order valence-corrected chi connectivity index (χ2v) is 7.82. The number of unbranched alkanes of at least 4 members (excludes halogenated alkanes) is 1. The van der Waals surface area contributed by atoms with Crippen LogP contribution in [0.2, 0.25) is 0 Å². The number of carbonyl (C=O) groups excluding carboxylic acids is 2. The van der Waals surface area contributed by atoms with E-state index in [1.807, 2.05) is 20.8 Å². The molecule has 1 heterocycles. The van der Waals surface area contributed by atoms with Gasteiger partial charge in [-0.1, -0.05) is 13.3 Å². The van der Waals surface area contributed by atoms with Crippen LogP contribution in [0.25, 0.3) is 0 Å². The van der Waals surface area contributed by atoms with E-state index in [0.29, 0.717) is 26.2 Å². The van der Waals surface area contributed by atoms with Crippen LogP contribution in [-0.4, -0.2) is 79.4 Å². The van der Waals surface area contributed by atoms with Crippen molar-refractivity contribution >= 4 is 12.0 Å². The van der Waals surface area contributed by atoms with Crippen molar-refractivity contribution in [3.63, 3.8) is 0 Å². The van der Waals surface area contributed by atoms with E-state index in [4.69, 9.17) is 9.47 Å². The molecular formula is C19H37N3O4. The Bertz CT molecular complexity index is 429. The number of nitrogens with one attached hydrogen (secondary N) is 1. The van der Waals surface area contributed by atoms with E-state index < -0.39 is 5.60 Å². The van der Waals surface area contributed by atoms with Crippen LogP contribution in [0.4, 0.5) is 4.79 Å². The summed E-state index contributed by atoms with van der Waals surface area (Å²) in [5.74, 6) is -0.0455. The highest BCUT2D eigenvalue weighted by Gasteiger charge is 2.25. The third kappa shape index (κ3) is 9.38. The van der Waals surface area contributed by atoms with E-state index in [0.717, 1.165) is 38.9 Å². The van der Waals surface area contributed by atoms with E-state index in [1.165, 1.54) is 0 Å². The maximum atomic E-state index is 12.0. The van der Waals surface area contributed by atoms with Gasteiger partial charge in [0.25, 0.3) is 0 Å². The number of amides is 2. The highest BCUT2D eigenvalue weighted by atomic mass is 16.6. The highest BCUT2D eigenvalue weighted by molar-refractivity contribution is 5.80. The summed E-state index contributed by atoms with van der Waals surface area (Å²) >= 11 is 0. The van der Waals surface area contributed by atoms with Gasteiger partial charge in [0.05, 0.1) is 0 Å². The Morgan fingerprint density at radius 2 is 1.77 bits per heavy atom. The Kier molecular flexibility index (Phi) is 9.94. The van der Waals surface area contributed by atoms with Gasteiger partial charge in [0.2, 0.25) is 5.91 Å². The molecule has 1 N–H and O–H groups in total. The number of rotatable bonds is 9. The molecule has 0 aromatic carbocycles.